The van der Waals surface area contributed by atoms with Gasteiger partial charge in [-0.05, 0) is 117 Å². The molecule has 11 rings (SSSR count). The van der Waals surface area contributed by atoms with E-state index in [0.717, 1.165) is 0 Å². The van der Waals surface area contributed by atoms with Crippen molar-refractivity contribution in [2.24, 2.45) is 0 Å². The predicted octanol–water partition coefficient (Wildman–Crippen LogP) is 17.9. The van der Waals surface area contributed by atoms with Crippen LogP contribution in [0.15, 0.2) is 176 Å². The molecule has 0 fully saturated rings. The molecule has 0 amide bonds. The van der Waals surface area contributed by atoms with Crippen LogP contribution >= 0.6 is 0 Å². The maximum Gasteiger partial charge on any atom is 0.0576 e. The number of fused-ring (bicyclic) bond motifs is 9. The smallest absolute Gasteiger partial charge is 0.0576 e. The Kier molecular flexibility index (Phi) is 11.3. The molecule has 8 aromatic carbocycles. The highest BCUT2D eigenvalue weighted by molar-refractivity contribution is 6.16. The predicted molar refractivity (Wildman–Crippen MR) is 288 cm³/mol. The Morgan fingerprint density at radius 2 is 0.545 bits per heavy atom. The number of hydrogen-bond acceptors (Lipinski definition) is 0. The average Bonchev–Trinajstić information content (AvgIpc) is 3.96. The quantitative estimate of drug-likeness (QED) is 0.164. The van der Waals surface area contributed by atoms with Crippen molar-refractivity contribution in [2.75, 3.05) is 0 Å². The van der Waals surface area contributed by atoms with Crippen LogP contribution in [0.2, 0.25) is 0 Å². The molecule has 0 aliphatic carbocycles. The summed E-state index contributed by atoms with van der Waals surface area (Å²) in [5, 5.41) is 8.08. The van der Waals surface area contributed by atoms with Crippen LogP contribution < -0.4 is 0 Å². The van der Waals surface area contributed by atoms with Gasteiger partial charge in [-0.1, -0.05) is 170 Å². The number of para-hydroxylation sites is 6. The van der Waals surface area contributed by atoms with Gasteiger partial charge in [0.05, 0.1) is 27.6 Å². The van der Waals surface area contributed by atoms with E-state index < -0.39 is 0 Å². The van der Waals surface area contributed by atoms with E-state index in [2.05, 4.69) is 273 Å². The van der Waals surface area contributed by atoms with Gasteiger partial charge in [-0.3, -0.25) is 0 Å². The highest BCUT2D eigenvalue weighted by Crippen LogP contribution is 2.43. The fourth-order valence-electron chi connectivity index (χ4n) is 10.5. The first-order valence-corrected chi connectivity index (χ1v) is 23.6. The molecule has 0 radical (unpaired) electrons. The zero-order valence-electron chi connectivity index (χ0n) is 41.1. The van der Waals surface area contributed by atoms with Crippen LogP contribution in [0.1, 0.15) is 79.0 Å². The van der Waals surface area contributed by atoms with Gasteiger partial charge in [-0.15, -0.1) is 0 Å². The number of aromatic nitrogens is 3. The normalized spacial score (nSPS) is 12.2. The first-order valence-electron chi connectivity index (χ1n) is 23.6. The zero-order chi connectivity index (χ0) is 46.7. The Labute approximate surface area is 391 Å². The van der Waals surface area contributed by atoms with Gasteiger partial charge in [0.1, 0.15) is 0 Å². The van der Waals surface area contributed by atoms with E-state index in [-0.39, 0.29) is 16.6 Å². The Hall–Kier alpha value is -6.84. The molecule has 0 aliphatic heterocycles. The van der Waals surface area contributed by atoms with Crippen molar-refractivity contribution in [3.8, 4) is 22.3 Å². The van der Waals surface area contributed by atoms with Crippen LogP contribution in [-0.2, 0) is 16.6 Å². The molecule has 3 nitrogen and oxygen atoms in total. The Bertz CT molecular complexity index is 3380. The lowest BCUT2D eigenvalue weighted by Crippen LogP contribution is -2.22. The van der Waals surface area contributed by atoms with Gasteiger partial charge in [0.15, 0.2) is 0 Å². The molecule has 0 aliphatic rings. The van der Waals surface area contributed by atoms with Crippen LogP contribution in [0.5, 0.6) is 0 Å². The number of nitrogens with zero attached hydrogens (tertiary/aromatic N) is 3. The van der Waals surface area contributed by atoms with Crippen molar-refractivity contribution in [1.29, 1.82) is 0 Å². The molecular formula is C63H65N3. The first-order chi connectivity index (χ1) is 31.5. The van der Waals surface area contributed by atoms with E-state index in [9.17, 15) is 0 Å². The third-order valence-electron chi connectivity index (χ3n) is 13.1. The summed E-state index contributed by atoms with van der Waals surface area (Å²) in [5.41, 5.74) is 17.3. The van der Waals surface area contributed by atoms with E-state index in [4.69, 9.17) is 0 Å². The van der Waals surface area contributed by atoms with Gasteiger partial charge in [-0.2, -0.15) is 0 Å². The topological polar surface area (TPSA) is 14.8 Å². The van der Waals surface area contributed by atoms with Crippen LogP contribution in [0.25, 0.3) is 87.7 Å². The molecule has 0 spiro atoms. The Balaban J connectivity index is 0.000000130. The SMILES string of the molecule is CC(C)(C)n1c2c(-c3ccccc3)cccc2c2cccc(-c3ccccc3)c21.Cc1cccc2c3cccc(C)c3n(C(C)(C)C)c12.Cc1cccc2c3ccccc3n(C(C)(C)C)c12. The first kappa shape index (κ1) is 44.4. The van der Waals surface area contributed by atoms with E-state index >= 15 is 0 Å². The second-order valence-corrected chi connectivity index (χ2v) is 21.1. The molecule has 3 heterocycles. The molecule has 11 aromatic rings. The summed E-state index contributed by atoms with van der Waals surface area (Å²) >= 11 is 0. The fourth-order valence-corrected chi connectivity index (χ4v) is 10.5. The van der Waals surface area contributed by atoms with Crippen molar-refractivity contribution < 1.29 is 0 Å². The van der Waals surface area contributed by atoms with Crippen molar-refractivity contribution in [1.82, 2.24) is 13.7 Å². The van der Waals surface area contributed by atoms with Gasteiger partial charge in [0.2, 0.25) is 0 Å². The molecule has 3 heteroatoms. The molecular weight excluding hydrogens is 799 g/mol. The van der Waals surface area contributed by atoms with Crippen molar-refractivity contribution in [3.63, 3.8) is 0 Å². The van der Waals surface area contributed by atoms with Gasteiger partial charge in [-0.25, -0.2) is 0 Å². The summed E-state index contributed by atoms with van der Waals surface area (Å²) in [6.45, 7) is 27.2. The Morgan fingerprint density at radius 1 is 0.258 bits per heavy atom. The maximum absolute atomic E-state index is 2.54. The van der Waals surface area contributed by atoms with Crippen LogP contribution in [0, 0.1) is 20.8 Å². The minimum absolute atomic E-state index is 0.0598. The van der Waals surface area contributed by atoms with Gasteiger partial charge in [0.25, 0.3) is 0 Å². The Morgan fingerprint density at radius 3 is 0.939 bits per heavy atom. The van der Waals surface area contributed by atoms with E-state index in [1.54, 1.807) is 0 Å². The van der Waals surface area contributed by atoms with E-state index in [0.29, 0.717) is 0 Å². The molecule has 0 atom stereocenters. The standard InChI is InChI=1S/C28H25N.C18H21N.C17H19N/c1-28(2,3)29-26-22(20-12-6-4-7-13-20)16-10-18-24(26)25-19-11-17-23(27(25)29)21-14-8-5-9-15-21;1-12-8-6-10-14-15-11-7-9-13(2)17(15)19(16(12)14)18(3,4)5;1-12-8-7-10-14-13-9-5-6-11-15(13)18(16(12)14)17(2,3)4/h4-19H,1-3H3;6-11H,1-5H3;5-11H,1-4H3. The third kappa shape index (κ3) is 7.79. The highest BCUT2D eigenvalue weighted by atomic mass is 15.1. The molecule has 0 unspecified atom stereocenters. The fraction of sp³-hybridized carbons (Fsp3) is 0.238. The number of benzene rings is 8. The monoisotopic (exact) mass is 864 g/mol. The van der Waals surface area contributed by atoms with Crippen LogP contribution in [0.4, 0.5) is 0 Å². The molecule has 0 N–H and O–H groups in total. The molecule has 0 saturated heterocycles. The summed E-state index contributed by atoms with van der Waals surface area (Å²) in [7, 11) is 0. The average molecular weight is 864 g/mol. The maximum atomic E-state index is 2.54. The third-order valence-corrected chi connectivity index (χ3v) is 13.1. The molecule has 3 aromatic heterocycles. The minimum Gasteiger partial charge on any atom is -0.335 e. The van der Waals surface area contributed by atoms with Crippen molar-refractivity contribution in [2.45, 2.75) is 99.7 Å². The second-order valence-electron chi connectivity index (χ2n) is 21.1. The van der Waals surface area contributed by atoms with Crippen molar-refractivity contribution >= 4 is 65.4 Å². The van der Waals surface area contributed by atoms with E-state index in [1.165, 1.54) is 104 Å². The van der Waals surface area contributed by atoms with Crippen LogP contribution in [0.3, 0.4) is 0 Å². The zero-order valence-corrected chi connectivity index (χ0v) is 41.1. The molecule has 0 bridgehead atoms. The van der Waals surface area contributed by atoms with E-state index in [1.807, 2.05) is 0 Å². The highest BCUT2D eigenvalue weighted by Gasteiger charge is 2.26. The second kappa shape index (κ2) is 16.9. The molecule has 66 heavy (non-hydrogen) atoms. The van der Waals surface area contributed by atoms with Gasteiger partial charge < -0.3 is 13.7 Å². The van der Waals surface area contributed by atoms with Gasteiger partial charge >= 0.3 is 0 Å². The van der Waals surface area contributed by atoms with Crippen LogP contribution in [-0.4, -0.2) is 13.7 Å². The molecule has 0 saturated carbocycles. The summed E-state index contributed by atoms with van der Waals surface area (Å²) in [5.74, 6) is 0. The number of hydrogen-bond donors (Lipinski definition) is 0. The summed E-state index contributed by atoms with van der Waals surface area (Å²) in [4.78, 5) is 0. The van der Waals surface area contributed by atoms with Gasteiger partial charge in [0, 0.05) is 65.6 Å². The largest absolute Gasteiger partial charge is 0.335 e. The summed E-state index contributed by atoms with van der Waals surface area (Å²) < 4.78 is 7.51. The summed E-state index contributed by atoms with van der Waals surface area (Å²) in [6.07, 6.45) is 0. The summed E-state index contributed by atoms with van der Waals surface area (Å²) in [6, 6.07) is 63.3. The van der Waals surface area contributed by atoms with Crippen molar-refractivity contribution in [3.05, 3.63) is 193 Å². The number of aryl methyl sites for hydroxylation is 3. The number of rotatable bonds is 2. The lowest BCUT2D eigenvalue weighted by Gasteiger charge is -2.26. The minimum atomic E-state index is -0.0598. The lowest BCUT2D eigenvalue weighted by atomic mass is 10.0. The lowest BCUT2D eigenvalue weighted by molar-refractivity contribution is 0.422. The molecule has 332 valence electrons.